The smallest absolute Gasteiger partial charge is 0.341 e. The fourth-order valence-electron chi connectivity index (χ4n) is 1.97. The highest BCUT2D eigenvalue weighted by atomic mass is 16.5. The fourth-order valence-corrected chi connectivity index (χ4v) is 1.97. The SMILES string of the molecule is COC(=O)c1cnc2c(c1N)CCCC2. The minimum absolute atomic E-state index is 0.387. The van der Waals surface area contributed by atoms with Crippen molar-refractivity contribution in [2.24, 2.45) is 0 Å². The molecule has 0 unspecified atom stereocenters. The second-order valence-corrected chi connectivity index (χ2v) is 3.71. The monoisotopic (exact) mass is 206 g/mol. The van der Waals surface area contributed by atoms with E-state index >= 15 is 0 Å². The van der Waals surface area contributed by atoms with Crippen molar-refractivity contribution in [1.82, 2.24) is 4.98 Å². The number of ether oxygens (including phenoxy) is 1. The molecule has 0 fully saturated rings. The first-order chi connectivity index (χ1) is 7.24. The Balaban J connectivity index is 2.47. The number of aromatic nitrogens is 1. The van der Waals surface area contributed by atoms with Gasteiger partial charge in [-0.1, -0.05) is 0 Å². The van der Waals surface area contributed by atoms with E-state index in [1.165, 1.54) is 13.3 Å². The Labute approximate surface area is 88.4 Å². The summed E-state index contributed by atoms with van der Waals surface area (Å²) in [5, 5.41) is 0. The minimum Gasteiger partial charge on any atom is -0.465 e. The third kappa shape index (κ3) is 1.67. The standard InChI is InChI=1S/C11H14N2O2/c1-15-11(14)8-6-13-9-5-3-2-4-7(9)10(8)12/h6H,2-5H2,1H3,(H2,12,13). The van der Waals surface area contributed by atoms with Crippen LogP contribution in [0.25, 0.3) is 0 Å². The number of carbonyl (C=O) groups is 1. The topological polar surface area (TPSA) is 65.2 Å². The summed E-state index contributed by atoms with van der Waals surface area (Å²) in [6.45, 7) is 0. The Hall–Kier alpha value is -1.58. The highest BCUT2D eigenvalue weighted by molar-refractivity contribution is 5.95. The number of fused-ring (bicyclic) bond motifs is 1. The number of nitrogens with two attached hydrogens (primary N) is 1. The van der Waals surface area contributed by atoms with Crippen LogP contribution < -0.4 is 5.73 Å². The van der Waals surface area contributed by atoms with E-state index in [4.69, 9.17) is 5.73 Å². The summed E-state index contributed by atoms with van der Waals surface area (Å²) in [6.07, 6.45) is 5.66. The molecule has 1 aromatic rings. The van der Waals surface area contributed by atoms with E-state index < -0.39 is 5.97 Å². The van der Waals surface area contributed by atoms with Crippen LogP contribution >= 0.6 is 0 Å². The molecule has 0 amide bonds. The second kappa shape index (κ2) is 3.88. The maximum atomic E-state index is 11.4. The molecule has 1 aromatic heterocycles. The highest BCUT2D eigenvalue weighted by Crippen LogP contribution is 2.27. The van der Waals surface area contributed by atoms with Gasteiger partial charge in [-0.15, -0.1) is 0 Å². The number of methoxy groups -OCH3 is 1. The lowest BCUT2D eigenvalue weighted by Gasteiger charge is -2.17. The van der Waals surface area contributed by atoms with Crippen molar-refractivity contribution in [2.75, 3.05) is 12.8 Å². The largest absolute Gasteiger partial charge is 0.465 e. The van der Waals surface area contributed by atoms with Crippen molar-refractivity contribution >= 4 is 11.7 Å². The number of esters is 1. The molecular weight excluding hydrogens is 192 g/mol. The summed E-state index contributed by atoms with van der Waals surface area (Å²) >= 11 is 0. The predicted molar refractivity (Wildman–Crippen MR) is 56.6 cm³/mol. The van der Waals surface area contributed by atoms with Gasteiger partial charge < -0.3 is 10.5 Å². The Kier molecular flexibility index (Phi) is 2.58. The molecule has 4 heteroatoms. The summed E-state index contributed by atoms with van der Waals surface area (Å²) in [6, 6.07) is 0. The van der Waals surface area contributed by atoms with E-state index in [0.29, 0.717) is 11.3 Å². The molecule has 15 heavy (non-hydrogen) atoms. The van der Waals surface area contributed by atoms with Crippen molar-refractivity contribution < 1.29 is 9.53 Å². The summed E-state index contributed by atoms with van der Waals surface area (Å²) in [5.74, 6) is -0.409. The van der Waals surface area contributed by atoms with Crippen LogP contribution in [-0.2, 0) is 17.6 Å². The lowest BCUT2D eigenvalue weighted by Crippen LogP contribution is -2.14. The number of hydrogen-bond acceptors (Lipinski definition) is 4. The van der Waals surface area contributed by atoms with E-state index in [2.05, 4.69) is 9.72 Å². The van der Waals surface area contributed by atoms with E-state index in [-0.39, 0.29) is 0 Å². The lowest BCUT2D eigenvalue weighted by atomic mass is 9.93. The molecule has 1 aliphatic carbocycles. The lowest BCUT2D eigenvalue weighted by molar-refractivity contribution is 0.0601. The van der Waals surface area contributed by atoms with Gasteiger partial charge in [-0.25, -0.2) is 4.79 Å². The Bertz CT molecular complexity index is 402. The zero-order valence-corrected chi connectivity index (χ0v) is 8.75. The van der Waals surface area contributed by atoms with Crippen molar-refractivity contribution in [3.63, 3.8) is 0 Å². The third-order valence-corrected chi connectivity index (χ3v) is 2.81. The highest BCUT2D eigenvalue weighted by Gasteiger charge is 2.19. The first-order valence-electron chi connectivity index (χ1n) is 5.08. The average molecular weight is 206 g/mol. The van der Waals surface area contributed by atoms with Gasteiger partial charge in [0, 0.05) is 11.9 Å². The molecule has 2 N–H and O–H groups in total. The summed E-state index contributed by atoms with van der Waals surface area (Å²) < 4.78 is 4.65. The van der Waals surface area contributed by atoms with Gasteiger partial charge in [-0.2, -0.15) is 0 Å². The molecule has 1 aliphatic rings. The summed E-state index contributed by atoms with van der Waals surface area (Å²) in [5.41, 5.74) is 8.94. The van der Waals surface area contributed by atoms with Gasteiger partial charge in [0.15, 0.2) is 0 Å². The molecule has 2 rings (SSSR count). The van der Waals surface area contributed by atoms with Gasteiger partial charge in [0.05, 0.1) is 12.8 Å². The van der Waals surface area contributed by atoms with E-state index in [9.17, 15) is 4.79 Å². The molecule has 0 saturated carbocycles. The number of rotatable bonds is 1. The normalized spacial score (nSPS) is 14.5. The van der Waals surface area contributed by atoms with Crippen LogP contribution in [0, 0.1) is 0 Å². The number of nitrogens with zero attached hydrogens (tertiary/aromatic N) is 1. The third-order valence-electron chi connectivity index (χ3n) is 2.81. The molecule has 0 spiro atoms. The van der Waals surface area contributed by atoms with Crippen LogP contribution in [0.15, 0.2) is 6.20 Å². The van der Waals surface area contributed by atoms with Gasteiger partial charge in [0.25, 0.3) is 0 Å². The van der Waals surface area contributed by atoms with Gasteiger partial charge >= 0.3 is 5.97 Å². The molecule has 0 aliphatic heterocycles. The first-order valence-corrected chi connectivity index (χ1v) is 5.08. The number of pyridine rings is 1. The number of anilines is 1. The van der Waals surface area contributed by atoms with E-state index in [0.717, 1.165) is 36.9 Å². The Morgan fingerprint density at radius 1 is 1.47 bits per heavy atom. The minimum atomic E-state index is -0.409. The van der Waals surface area contributed by atoms with Crippen molar-refractivity contribution in [3.8, 4) is 0 Å². The van der Waals surface area contributed by atoms with Crippen LogP contribution in [0.3, 0.4) is 0 Å². The maximum absolute atomic E-state index is 11.4. The number of nitrogen functional groups attached to an aromatic ring is 1. The van der Waals surface area contributed by atoms with Crippen LogP contribution in [0.5, 0.6) is 0 Å². The first kappa shape index (κ1) is 9.96. The number of hydrogen-bond donors (Lipinski definition) is 1. The quantitative estimate of drug-likeness (QED) is 0.704. The van der Waals surface area contributed by atoms with Gasteiger partial charge in [-0.3, -0.25) is 4.98 Å². The van der Waals surface area contributed by atoms with Crippen LogP contribution in [-0.4, -0.2) is 18.1 Å². The van der Waals surface area contributed by atoms with E-state index in [1.54, 1.807) is 0 Å². The second-order valence-electron chi connectivity index (χ2n) is 3.71. The Morgan fingerprint density at radius 2 is 2.20 bits per heavy atom. The fraction of sp³-hybridized carbons (Fsp3) is 0.455. The molecule has 0 bridgehead atoms. The number of aryl methyl sites for hydroxylation is 1. The average Bonchev–Trinajstić information content (AvgIpc) is 2.29. The van der Waals surface area contributed by atoms with Crippen LogP contribution in [0.4, 0.5) is 5.69 Å². The summed E-state index contributed by atoms with van der Waals surface area (Å²) in [7, 11) is 1.35. The van der Waals surface area contributed by atoms with Gasteiger partial charge in [0.2, 0.25) is 0 Å². The van der Waals surface area contributed by atoms with Crippen molar-refractivity contribution in [3.05, 3.63) is 23.0 Å². The molecule has 1 heterocycles. The predicted octanol–water partition coefficient (Wildman–Crippen LogP) is 1.33. The molecule has 0 aromatic carbocycles. The van der Waals surface area contributed by atoms with E-state index in [1.807, 2.05) is 0 Å². The van der Waals surface area contributed by atoms with Crippen molar-refractivity contribution in [1.29, 1.82) is 0 Å². The molecule has 4 nitrogen and oxygen atoms in total. The summed E-state index contributed by atoms with van der Waals surface area (Å²) in [4.78, 5) is 15.6. The molecular formula is C11H14N2O2. The zero-order valence-electron chi connectivity index (χ0n) is 8.75. The van der Waals surface area contributed by atoms with Crippen molar-refractivity contribution in [2.45, 2.75) is 25.7 Å². The molecule has 80 valence electrons. The van der Waals surface area contributed by atoms with Crippen LogP contribution in [0.1, 0.15) is 34.5 Å². The van der Waals surface area contributed by atoms with Gasteiger partial charge in [-0.05, 0) is 31.2 Å². The zero-order chi connectivity index (χ0) is 10.8. The molecule has 0 radical (unpaired) electrons. The maximum Gasteiger partial charge on any atom is 0.341 e. The molecule has 0 saturated heterocycles. The molecule has 0 atom stereocenters. The number of carbonyl (C=O) groups excluding carboxylic acids is 1. The Morgan fingerprint density at radius 3 is 2.93 bits per heavy atom. The van der Waals surface area contributed by atoms with Gasteiger partial charge in [0.1, 0.15) is 5.56 Å². The van der Waals surface area contributed by atoms with Crippen LogP contribution in [0.2, 0.25) is 0 Å².